The molecule has 0 saturated carbocycles. The normalized spacial score (nSPS) is 22.0. The minimum atomic E-state index is -0.256. The fourth-order valence-corrected chi connectivity index (χ4v) is 7.03. The molecule has 4 heterocycles. The second kappa shape index (κ2) is 14.2. The Morgan fingerprint density at radius 1 is 1.15 bits per heavy atom. The van der Waals surface area contributed by atoms with Gasteiger partial charge in [-0.25, -0.2) is 0 Å². The molecule has 3 aromatic rings. The van der Waals surface area contributed by atoms with Gasteiger partial charge in [0, 0.05) is 50.3 Å². The van der Waals surface area contributed by atoms with Crippen molar-refractivity contribution in [3.8, 4) is 12.1 Å². The van der Waals surface area contributed by atoms with E-state index >= 15 is 0 Å². The number of likely N-dealkylation sites (N-methyl/N-ethyl adjacent to an activating group) is 2. The van der Waals surface area contributed by atoms with Crippen molar-refractivity contribution in [2.24, 2.45) is 0 Å². The summed E-state index contributed by atoms with van der Waals surface area (Å²) >= 11 is 0. The van der Waals surface area contributed by atoms with E-state index in [1.165, 1.54) is 21.9 Å². The number of likely N-dealkylation sites (tertiary alicyclic amines) is 1. The number of aryl methyl sites for hydroxylation is 1. The molecule has 0 radical (unpaired) electrons. The Hall–Kier alpha value is -4.04. The number of ether oxygens (including phenoxy) is 2. The van der Waals surface area contributed by atoms with Gasteiger partial charge in [0.1, 0.15) is 12.4 Å². The fraction of sp³-hybridized carbons (Fsp3) is 0.500. The molecule has 1 unspecified atom stereocenters. The topological polar surface area (TPSA) is 98.1 Å². The molecule has 10 heteroatoms. The highest BCUT2D eigenvalue weighted by Crippen LogP contribution is 2.38. The third kappa shape index (κ3) is 6.87. The van der Waals surface area contributed by atoms with E-state index in [9.17, 15) is 10.1 Å². The Morgan fingerprint density at radius 3 is 2.74 bits per heavy atom. The van der Waals surface area contributed by atoms with Crippen LogP contribution in [0.5, 0.6) is 6.01 Å². The van der Waals surface area contributed by atoms with Gasteiger partial charge in [0.25, 0.3) is 0 Å². The maximum atomic E-state index is 13.1. The zero-order valence-electron chi connectivity index (χ0n) is 27.5. The van der Waals surface area contributed by atoms with E-state index in [-0.39, 0.29) is 24.5 Å². The van der Waals surface area contributed by atoms with Crippen LogP contribution < -0.4 is 9.64 Å². The first-order valence-electron chi connectivity index (χ1n) is 16.4. The highest BCUT2D eigenvalue weighted by atomic mass is 16.5. The second-order valence-electron chi connectivity index (χ2n) is 13.0. The van der Waals surface area contributed by atoms with Crippen LogP contribution in [0.3, 0.4) is 0 Å². The van der Waals surface area contributed by atoms with Gasteiger partial charge in [-0.2, -0.15) is 15.2 Å². The van der Waals surface area contributed by atoms with Crippen molar-refractivity contribution >= 4 is 22.5 Å². The van der Waals surface area contributed by atoms with Crippen molar-refractivity contribution in [2.45, 2.75) is 57.4 Å². The molecule has 1 amide bonds. The van der Waals surface area contributed by atoms with Crippen LogP contribution in [0.15, 0.2) is 48.6 Å². The minimum absolute atomic E-state index is 0.0623. The quantitative estimate of drug-likeness (QED) is 0.324. The molecule has 2 aromatic carbocycles. The van der Waals surface area contributed by atoms with Gasteiger partial charge in [-0.05, 0) is 69.4 Å². The Labute approximate surface area is 272 Å². The molecule has 3 atom stereocenters. The van der Waals surface area contributed by atoms with E-state index < -0.39 is 0 Å². The average Bonchev–Trinajstić information content (AvgIpc) is 3.47. The SMILES string of the molecule is Cc1cccc2cccc(C3Cc4nc(OC[C@@H]5CCCN5C)nc(N5CCN(C(=O)/C=C/CN(C)C)[C@@H](CC#N)C5)c4CO3)c12. The molecule has 6 rings (SSSR count). The zero-order chi connectivity index (χ0) is 32.2. The summed E-state index contributed by atoms with van der Waals surface area (Å²) in [5.41, 5.74) is 4.28. The minimum Gasteiger partial charge on any atom is -0.462 e. The Balaban J connectivity index is 1.30. The number of hydrogen-bond donors (Lipinski definition) is 0. The number of hydrogen-bond acceptors (Lipinski definition) is 9. The fourth-order valence-electron chi connectivity index (χ4n) is 7.03. The summed E-state index contributed by atoms with van der Waals surface area (Å²) in [7, 11) is 6.07. The first kappa shape index (κ1) is 31.9. The number of nitrogens with zero attached hydrogens (tertiary/aromatic N) is 7. The smallest absolute Gasteiger partial charge is 0.318 e. The number of aromatic nitrogens is 2. The third-order valence-electron chi connectivity index (χ3n) is 9.55. The molecule has 0 N–H and O–H groups in total. The molecule has 2 fully saturated rings. The lowest BCUT2D eigenvalue weighted by Gasteiger charge is -2.42. The summed E-state index contributed by atoms with van der Waals surface area (Å²) in [6.07, 6.45) is 6.46. The Bertz CT molecular complexity index is 1630. The number of benzene rings is 2. The summed E-state index contributed by atoms with van der Waals surface area (Å²) in [5.74, 6) is 0.721. The molecule has 3 aliphatic heterocycles. The van der Waals surface area contributed by atoms with Crippen molar-refractivity contribution < 1.29 is 14.3 Å². The lowest BCUT2D eigenvalue weighted by atomic mass is 9.92. The zero-order valence-corrected chi connectivity index (χ0v) is 27.5. The van der Waals surface area contributed by atoms with Crippen molar-refractivity contribution in [3.63, 3.8) is 0 Å². The van der Waals surface area contributed by atoms with Crippen LogP contribution in [-0.4, -0.2) is 103 Å². The first-order valence-corrected chi connectivity index (χ1v) is 16.4. The summed E-state index contributed by atoms with van der Waals surface area (Å²) in [5, 5.41) is 12.1. The number of nitriles is 1. The van der Waals surface area contributed by atoms with Crippen molar-refractivity contribution in [1.29, 1.82) is 5.26 Å². The molecule has 1 aromatic heterocycles. The van der Waals surface area contributed by atoms with Crippen LogP contribution in [0.1, 0.15) is 47.8 Å². The predicted molar refractivity (Wildman–Crippen MR) is 179 cm³/mol. The molecule has 2 saturated heterocycles. The molecule has 10 nitrogen and oxygen atoms in total. The highest BCUT2D eigenvalue weighted by molar-refractivity contribution is 5.89. The van der Waals surface area contributed by atoms with Crippen molar-refractivity contribution in [3.05, 3.63) is 70.9 Å². The first-order chi connectivity index (χ1) is 22.3. The molecule has 46 heavy (non-hydrogen) atoms. The lowest BCUT2D eigenvalue weighted by molar-refractivity contribution is -0.128. The van der Waals surface area contributed by atoms with Gasteiger partial charge in [0.2, 0.25) is 5.91 Å². The van der Waals surface area contributed by atoms with Gasteiger partial charge in [0.15, 0.2) is 0 Å². The molecular formula is C36H45N7O3. The number of fused-ring (bicyclic) bond motifs is 2. The lowest BCUT2D eigenvalue weighted by Crippen LogP contribution is -2.55. The van der Waals surface area contributed by atoms with E-state index in [0.29, 0.717) is 57.9 Å². The summed E-state index contributed by atoms with van der Waals surface area (Å²) in [6, 6.07) is 15.6. The summed E-state index contributed by atoms with van der Waals surface area (Å²) < 4.78 is 12.9. The van der Waals surface area contributed by atoms with Gasteiger partial charge in [-0.15, -0.1) is 0 Å². The van der Waals surface area contributed by atoms with E-state index in [1.807, 2.05) is 30.0 Å². The maximum absolute atomic E-state index is 13.1. The highest BCUT2D eigenvalue weighted by Gasteiger charge is 2.34. The number of rotatable bonds is 9. The molecule has 3 aliphatic rings. The van der Waals surface area contributed by atoms with Gasteiger partial charge < -0.3 is 29.1 Å². The van der Waals surface area contributed by atoms with Gasteiger partial charge in [-0.1, -0.05) is 42.5 Å². The number of amides is 1. The monoisotopic (exact) mass is 623 g/mol. The number of carbonyl (C=O) groups excluding carboxylic acids is 1. The predicted octanol–water partition coefficient (Wildman–Crippen LogP) is 4.27. The maximum Gasteiger partial charge on any atom is 0.318 e. The standard InChI is InChI=1S/C36H45N7O3/c1-25-9-5-10-26-11-6-13-29(34(25)26)32-21-31-30(24-45-32)35(39-36(38-31)46-23-28-12-7-18-41(28)4)42-19-20-43(27(22-42)15-16-37)33(44)14-8-17-40(2)3/h5-6,8-11,13-14,27-28,32H,7,12,15,17-24H2,1-4H3/b14-8+/t27-,28-,32?/m0/s1. The largest absolute Gasteiger partial charge is 0.462 e. The van der Waals surface area contributed by atoms with Gasteiger partial charge in [-0.3, -0.25) is 4.79 Å². The van der Waals surface area contributed by atoms with E-state index in [1.54, 1.807) is 6.08 Å². The van der Waals surface area contributed by atoms with Crippen LogP contribution in [0.25, 0.3) is 10.8 Å². The van der Waals surface area contributed by atoms with E-state index in [2.05, 4.69) is 66.2 Å². The summed E-state index contributed by atoms with van der Waals surface area (Å²) in [4.78, 5) is 31.5. The van der Waals surface area contributed by atoms with Crippen molar-refractivity contribution in [2.75, 3.05) is 65.4 Å². The second-order valence-corrected chi connectivity index (χ2v) is 13.0. The molecular weight excluding hydrogens is 578 g/mol. The van der Waals surface area contributed by atoms with Crippen LogP contribution in [0.4, 0.5) is 5.82 Å². The van der Waals surface area contributed by atoms with Gasteiger partial charge in [0.05, 0.1) is 36.9 Å². The number of anilines is 1. The average molecular weight is 624 g/mol. The van der Waals surface area contributed by atoms with E-state index in [4.69, 9.17) is 19.4 Å². The van der Waals surface area contributed by atoms with Crippen LogP contribution in [-0.2, 0) is 22.6 Å². The molecule has 0 aliphatic carbocycles. The molecule has 0 bridgehead atoms. The van der Waals surface area contributed by atoms with Crippen LogP contribution in [0, 0.1) is 18.3 Å². The third-order valence-corrected chi connectivity index (χ3v) is 9.55. The molecule has 242 valence electrons. The van der Waals surface area contributed by atoms with Gasteiger partial charge >= 0.3 is 6.01 Å². The number of piperazine rings is 1. The Morgan fingerprint density at radius 2 is 1.98 bits per heavy atom. The van der Waals surface area contributed by atoms with Crippen molar-refractivity contribution in [1.82, 2.24) is 24.7 Å². The Kier molecular flexibility index (Phi) is 9.83. The molecule has 0 spiro atoms. The number of carbonyl (C=O) groups is 1. The van der Waals surface area contributed by atoms with E-state index in [0.717, 1.165) is 36.5 Å². The van der Waals surface area contributed by atoms with Crippen LogP contribution in [0.2, 0.25) is 0 Å². The summed E-state index contributed by atoms with van der Waals surface area (Å²) in [6.45, 7) is 6.40. The van der Waals surface area contributed by atoms with Crippen LogP contribution >= 0.6 is 0 Å².